The Balaban J connectivity index is 1.50. The van der Waals surface area contributed by atoms with Gasteiger partial charge in [0.05, 0.1) is 27.7 Å². The van der Waals surface area contributed by atoms with Crippen LogP contribution in [0.2, 0.25) is 0 Å². The van der Waals surface area contributed by atoms with Crippen LogP contribution < -0.4 is 0 Å². The summed E-state index contributed by atoms with van der Waals surface area (Å²) >= 11 is 0. The predicted octanol–water partition coefficient (Wildman–Crippen LogP) is 10.8. The van der Waals surface area contributed by atoms with Crippen LogP contribution in [0.3, 0.4) is 0 Å². The van der Waals surface area contributed by atoms with Crippen molar-refractivity contribution in [2.75, 3.05) is 0 Å². The highest BCUT2D eigenvalue weighted by Gasteiger charge is 2.24. The van der Waals surface area contributed by atoms with Crippen LogP contribution >= 0.6 is 0 Å². The Morgan fingerprint density at radius 2 is 1.40 bits per heavy atom. The Hall–Kier alpha value is -5.87. The first-order chi connectivity index (χ1) is 24.7. The molecule has 0 N–H and O–H groups in total. The summed E-state index contributed by atoms with van der Waals surface area (Å²) in [6.07, 6.45) is 0. The number of fused-ring (bicyclic) bond motifs is 11. The molecule has 7 aromatic carbocycles. The number of aromatic nitrogens is 2. The smallest absolute Gasteiger partial charge is 0.228 e. The van der Waals surface area contributed by atoms with Gasteiger partial charge in [-0.1, -0.05) is 90.9 Å². The maximum atomic E-state index is 9.62. The molecule has 0 radical (unpaired) electrons. The minimum atomic E-state index is -0.528. The SMILES string of the molecule is [2H]c1c([2H])c(-c2nc3ccccc3o2)c2c(oc3c([2H])c([2H])c4c([2H])c([2H])c([2H])c([2H])c4c32)c1-n1c2ccccc2c2c3ccccc3ccc21. The zero-order valence-corrected chi connectivity index (χ0v) is 22.3. The lowest BCUT2D eigenvalue weighted by atomic mass is 10.00. The van der Waals surface area contributed by atoms with Crippen LogP contribution in [0.25, 0.3) is 93.5 Å². The minimum Gasteiger partial charge on any atom is -0.454 e. The summed E-state index contributed by atoms with van der Waals surface area (Å²) in [7, 11) is 0. The molecule has 4 nitrogen and oxygen atoms in total. The third-order valence-corrected chi connectivity index (χ3v) is 8.21. The van der Waals surface area contributed by atoms with Crippen molar-refractivity contribution in [3.63, 3.8) is 0 Å². The van der Waals surface area contributed by atoms with Gasteiger partial charge in [-0.15, -0.1) is 0 Å². The summed E-state index contributed by atoms with van der Waals surface area (Å²) < 4.78 is 86.6. The van der Waals surface area contributed by atoms with E-state index < -0.39 is 30.2 Å². The van der Waals surface area contributed by atoms with Gasteiger partial charge in [-0.2, -0.15) is 0 Å². The number of benzene rings is 7. The van der Waals surface area contributed by atoms with Crippen molar-refractivity contribution >= 4 is 76.4 Å². The zero-order valence-electron chi connectivity index (χ0n) is 30.3. The second-order valence-electron chi connectivity index (χ2n) is 10.5. The third-order valence-electron chi connectivity index (χ3n) is 8.21. The fourth-order valence-corrected chi connectivity index (χ4v) is 6.39. The van der Waals surface area contributed by atoms with E-state index in [2.05, 4.69) is 4.98 Å². The number of furan rings is 1. The van der Waals surface area contributed by atoms with Crippen LogP contribution in [0.5, 0.6) is 0 Å². The van der Waals surface area contributed by atoms with Gasteiger partial charge in [0.1, 0.15) is 11.1 Å². The molecule has 0 amide bonds. The molecular weight excluding hydrogens is 528 g/mol. The van der Waals surface area contributed by atoms with Crippen molar-refractivity contribution in [3.05, 3.63) is 133 Å². The first-order valence-corrected chi connectivity index (χ1v) is 13.8. The predicted molar refractivity (Wildman–Crippen MR) is 176 cm³/mol. The minimum absolute atomic E-state index is 0.0117. The maximum Gasteiger partial charge on any atom is 0.228 e. The summed E-state index contributed by atoms with van der Waals surface area (Å²) in [6, 6.07) is 23.7. The average molecular weight is 559 g/mol. The number of hydrogen-bond donors (Lipinski definition) is 0. The van der Waals surface area contributed by atoms with E-state index in [0.717, 1.165) is 32.6 Å². The highest BCUT2D eigenvalue weighted by Crippen LogP contribution is 2.45. The van der Waals surface area contributed by atoms with Crippen molar-refractivity contribution in [2.45, 2.75) is 0 Å². The first kappa shape index (κ1) is 16.5. The Kier molecular flexibility index (Phi) is 3.21. The van der Waals surface area contributed by atoms with E-state index in [1.807, 2.05) is 65.2 Å². The highest BCUT2D eigenvalue weighted by atomic mass is 16.3. The number of oxazole rings is 1. The Morgan fingerprint density at radius 3 is 2.35 bits per heavy atom. The van der Waals surface area contributed by atoms with Crippen molar-refractivity contribution < 1.29 is 19.8 Å². The largest absolute Gasteiger partial charge is 0.454 e. The van der Waals surface area contributed by atoms with E-state index >= 15 is 0 Å². The van der Waals surface area contributed by atoms with Gasteiger partial charge in [0, 0.05) is 27.1 Å². The Labute approximate surface area is 256 Å². The molecule has 0 saturated carbocycles. The van der Waals surface area contributed by atoms with E-state index in [1.165, 1.54) is 0 Å². The second kappa shape index (κ2) is 8.34. The normalized spacial score (nSPS) is 14.8. The molecule has 0 aliphatic carbocycles. The van der Waals surface area contributed by atoms with E-state index in [9.17, 15) is 2.74 Å². The summed E-state index contributed by atoms with van der Waals surface area (Å²) in [5, 5.41) is 4.03. The molecule has 10 aromatic rings. The summed E-state index contributed by atoms with van der Waals surface area (Å²) in [4.78, 5) is 4.69. The number of nitrogens with zero attached hydrogens (tertiary/aromatic N) is 2. The molecule has 200 valence electrons. The van der Waals surface area contributed by atoms with Crippen LogP contribution in [0.1, 0.15) is 11.0 Å². The molecule has 3 heterocycles. The van der Waals surface area contributed by atoms with Gasteiger partial charge in [-0.05, 0) is 63.9 Å². The van der Waals surface area contributed by atoms with Gasteiger partial charge in [-0.3, -0.25) is 0 Å². The highest BCUT2D eigenvalue weighted by molar-refractivity contribution is 6.25. The molecule has 0 aliphatic rings. The summed E-state index contributed by atoms with van der Waals surface area (Å²) in [5.74, 6) is 0.0117. The molecule has 10 rings (SSSR count). The number of para-hydroxylation sites is 3. The summed E-state index contributed by atoms with van der Waals surface area (Å²) in [5.41, 5.74) is 2.70. The molecule has 4 heteroatoms. The van der Waals surface area contributed by atoms with Crippen LogP contribution in [-0.2, 0) is 0 Å². The molecule has 43 heavy (non-hydrogen) atoms. The molecule has 0 unspecified atom stereocenters. The van der Waals surface area contributed by atoms with E-state index in [0.29, 0.717) is 11.1 Å². The van der Waals surface area contributed by atoms with Crippen molar-refractivity contribution in [3.8, 4) is 17.1 Å². The quantitative estimate of drug-likeness (QED) is 0.212. The monoisotopic (exact) mass is 558 g/mol. The lowest BCUT2D eigenvalue weighted by Gasteiger charge is -2.11. The molecule has 0 fully saturated rings. The molecule has 0 atom stereocenters. The zero-order chi connectivity index (χ0) is 35.0. The van der Waals surface area contributed by atoms with Gasteiger partial charge < -0.3 is 13.4 Å². The second-order valence-corrected chi connectivity index (χ2v) is 10.5. The van der Waals surface area contributed by atoms with Gasteiger partial charge in [0.25, 0.3) is 0 Å². The molecule has 0 bridgehead atoms. The van der Waals surface area contributed by atoms with Gasteiger partial charge in [0.2, 0.25) is 5.89 Å². The number of hydrogen-bond acceptors (Lipinski definition) is 3. The van der Waals surface area contributed by atoms with Crippen molar-refractivity contribution in [1.82, 2.24) is 9.55 Å². The molecule has 0 aliphatic heterocycles. The molecule has 0 saturated heterocycles. The first-order valence-electron chi connectivity index (χ1n) is 17.8. The van der Waals surface area contributed by atoms with Crippen LogP contribution in [0.4, 0.5) is 0 Å². The summed E-state index contributed by atoms with van der Waals surface area (Å²) in [6.45, 7) is 0. The number of rotatable bonds is 2. The lowest BCUT2D eigenvalue weighted by Crippen LogP contribution is -1.95. The van der Waals surface area contributed by atoms with Gasteiger partial charge in [0.15, 0.2) is 11.2 Å². The van der Waals surface area contributed by atoms with E-state index in [-0.39, 0.29) is 68.0 Å². The Bertz CT molecular complexity index is 3160. The van der Waals surface area contributed by atoms with Crippen LogP contribution in [0, 0.1) is 0 Å². The van der Waals surface area contributed by atoms with Crippen LogP contribution in [0.15, 0.2) is 142 Å². The topological polar surface area (TPSA) is 44.1 Å². The Morgan fingerprint density at radius 1 is 0.558 bits per heavy atom. The third kappa shape index (κ3) is 3.07. The maximum absolute atomic E-state index is 9.62. The van der Waals surface area contributed by atoms with Gasteiger partial charge in [-0.25, -0.2) is 4.98 Å². The molecular formula is C39H22N2O2. The van der Waals surface area contributed by atoms with E-state index in [4.69, 9.17) is 17.1 Å². The van der Waals surface area contributed by atoms with Crippen LogP contribution in [-0.4, -0.2) is 9.55 Å². The molecule has 3 aromatic heterocycles. The van der Waals surface area contributed by atoms with Gasteiger partial charge >= 0.3 is 0 Å². The van der Waals surface area contributed by atoms with Crippen molar-refractivity contribution in [1.29, 1.82) is 0 Å². The average Bonchev–Trinajstić information content (AvgIpc) is 3.84. The van der Waals surface area contributed by atoms with Crippen molar-refractivity contribution in [2.24, 2.45) is 0 Å². The standard InChI is InChI=1S/C39H22N2O2/c1-3-11-25-23(9-1)17-20-31-35(25)27-13-5-7-15-30(27)41(31)32-21-19-28(39-40-29-14-6-8-16-33(29)43-39)37-36-26-12-4-2-10-24(26)18-22-34(36)42-38(32)37/h1-22H/i2D,4D,10D,12D,18D,19D,21D,22D. The van der Waals surface area contributed by atoms with E-state index in [1.54, 1.807) is 24.3 Å². The lowest BCUT2D eigenvalue weighted by molar-refractivity contribution is 0.620. The fourth-order valence-electron chi connectivity index (χ4n) is 6.39. The fraction of sp³-hybridized carbons (Fsp3) is 0. The molecule has 0 spiro atoms.